The van der Waals surface area contributed by atoms with E-state index in [9.17, 15) is 46.3 Å². The van der Waals surface area contributed by atoms with E-state index in [4.69, 9.17) is 19.7 Å². The number of carbonyl (C=O) groups excluding carboxylic acids is 4. The lowest BCUT2D eigenvalue weighted by atomic mass is 10.2. The highest BCUT2D eigenvalue weighted by Crippen LogP contribution is 2.64. The van der Waals surface area contributed by atoms with Crippen LogP contribution in [-0.4, -0.2) is 91.1 Å². The third-order valence-corrected chi connectivity index (χ3v) is 6.15. The smallest absolute Gasteiger partial charge is 0.417 e. The Bertz CT molecular complexity index is 1030. The Labute approximate surface area is 212 Å². The van der Waals surface area contributed by atoms with Gasteiger partial charge < -0.3 is 19.7 Å². The van der Waals surface area contributed by atoms with Crippen molar-refractivity contribution in [2.24, 2.45) is 23.7 Å². The molecule has 2 N–H and O–H groups in total. The highest BCUT2D eigenvalue weighted by molar-refractivity contribution is 6.05. The first-order valence-corrected chi connectivity index (χ1v) is 11.3. The number of carbonyl (C=O) groups is 6. The summed E-state index contributed by atoms with van der Waals surface area (Å²) in [5, 5.41) is 17.9. The summed E-state index contributed by atoms with van der Waals surface area (Å²) in [6.45, 7) is 9.15. The summed E-state index contributed by atoms with van der Waals surface area (Å²) in [6.07, 6.45) is -2.40. The number of carboxylic acids is 2. The summed E-state index contributed by atoms with van der Waals surface area (Å²) in [5.74, 6) is -19.1. The summed E-state index contributed by atoms with van der Waals surface area (Å²) in [5.41, 5.74) is -1.90. The summed E-state index contributed by atoms with van der Waals surface area (Å²) < 4.78 is 62.6. The molecule has 0 aromatic heterocycles. The van der Waals surface area contributed by atoms with Crippen molar-refractivity contribution in [2.45, 2.75) is 76.7 Å². The van der Waals surface area contributed by atoms with Crippen LogP contribution in [0.3, 0.4) is 0 Å². The van der Waals surface area contributed by atoms with Crippen LogP contribution in [0.4, 0.5) is 27.2 Å². The normalized spacial score (nSPS) is 31.9. The van der Waals surface area contributed by atoms with Gasteiger partial charge in [-0.15, -0.1) is 0 Å². The number of halogens is 4. The third kappa shape index (κ3) is 4.75. The molecule has 212 valence electrons. The van der Waals surface area contributed by atoms with Crippen LogP contribution < -0.4 is 0 Å². The van der Waals surface area contributed by atoms with Crippen molar-refractivity contribution in [3.63, 3.8) is 0 Å². The molecule has 2 aliphatic heterocycles. The molecule has 0 aromatic rings. The number of aliphatic carboxylic acids is 2. The Kier molecular flexibility index (Phi) is 6.53. The predicted octanol–water partition coefficient (Wildman–Crippen LogP) is 2.20. The number of likely N-dealkylation sites (tertiary alicyclic amines) is 2. The number of hydrogen-bond acceptors (Lipinski definition) is 8. The van der Waals surface area contributed by atoms with Gasteiger partial charge in [-0.3, -0.25) is 9.59 Å². The van der Waals surface area contributed by atoms with Gasteiger partial charge in [-0.1, -0.05) is 0 Å². The lowest BCUT2D eigenvalue weighted by Crippen LogP contribution is -2.50. The number of imide groups is 2. The number of hydrogen-bond donors (Lipinski definition) is 2. The van der Waals surface area contributed by atoms with Crippen molar-refractivity contribution in [3.8, 4) is 0 Å². The molecule has 0 aromatic carbocycles. The Morgan fingerprint density at radius 3 is 1.16 bits per heavy atom. The zero-order valence-corrected chi connectivity index (χ0v) is 21.0. The molecule has 0 spiro atoms. The largest absolute Gasteiger partial charge is 0.480 e. The van der Waals surface area contributed by atoms with Gasteiger partial charge in [-0.25, -0.2) is 46.5 Å². The van der Waals surface area contributed by atoms with Crippen LogP contribution in [0.1, 0.15) is 41.5 Å². The summed E-state index contributed by atoms with van der Waals surface area (Å²) >= 11 is 0. The standard InChI is InChI=1S/2C11H13F2NO5/c2*1-10(2,3)19-9(18)14-6(8(16)17)4-5(7(14)15)11(4,12)13/h2*4-6H,1-3H3,(H,16,17)/t2*4-,5+,6-/m10/s1. The highest BCUT2D eigenvalue weighted by atomic mass is 19.3. The topological polar surface area (TPSA) is 168 Å². The molecule has 4 rings (SSSR count). The van der Waals surface area contributed by atoms with Crippen molar-refractivity contribution < 1.29 is 66.0 Å². The predicted molar refractivity (Wildman–Crippen MR) is 113 cm³/mol. The highest BCUT2D eigenvalue weighted by Gasteiger charge is 2.84. The number of ether oxygens (including phenoxy) is 2. The first-order chi connectivity index (χ1) is 17.0. The van der Waals surface area contributed by atoms with E-state index in [1.807, 2.05) is 0 Å². The maximum atomic E-state index is 13.2. The van der Waals surface area contributed by atoms with E-state index < -0.39 is 94.7 Å². The fraction of sp³-hybridized carbons (Fsp3) is 0.727. The fourth-order valence-electron chi connectivity index (χ4n) is 4.58. The first kappa shape index (κ1) is 29.1. The molecule has 4 amide bonds. The minimum absolute atomic E-state index is 0.292. The van der Waals surface area contributed by atoms with Crippen LogP contribution in [0.2, 0.25) is 0 Å². The first-order valence-electron chi connectivity index (χ1n) is 11.3. The van der Waals surface area contributed by atoms with Crippen molar-refractivity contribution in [3.05, 3.63) is 0 Å². The van der Waals surface area contributed by atoms with Crippen molar-refractivity contribution >= 4 is 35.9 Å². The van der Waals surface area contributed by atoms with Crippen molar-refractivity contribution in [1.29, 1.82) is 0 Å². The number of rotatable bonds is 2. The van der Waals surface area contributed by atoms with Crippen LogP contribution in [0.15, 0.2) is 0 Å². The molecule has 16 heteroatoms. The molecule has 12 nitrogen and oxygen atoms in total. The fourth-order valence-corrected chi connectivity index (χ4v) is 4.58. The van der Waals surface area contributed by atoms with Crippen LogP contribution in [0.25, 0.3) is 0 Å². The number of nitrogens with zero attached hydrogens (tertiary/aromatic N) is 2. The van der Waals surface area contributed by atoms with E-state index >= 15 is 0 Å². The van der Waals surface area contributed by atoms with Crippen molar-refractivity contribution in [2.75, 3.05) is 0 Å². The Morgan fingerprint density at radius 1 is 0.684 bits per heavy atom. The summed E-state index contributed by atoms with van der Waals surface area (Å²) in [6, 6.07) is -3.72. The molecular formula is C22H26F4N2O10. The van der Waals surface area contributed by atoms with Crippen LogP contribution in [0.5, 0.6) is 0 Å². The SMILES string of the molecule is CC(C)(C)OC(=O)N1C(=O)[C@@H]2[C@H]([C@@H]1C(=O)O)C2(F)F.CC(C)(C)OC(=O)N1C(=O)[C@H]2[C@@H]([C@H]1C(=O)O)C2(F)F. The maximum absolute atomic E-state index is 13.2. The lowest BCUT2D eigenvalue weighted by molar-refractivity contribution is -0.151. The molecule has 4 fully saturated rings. The minimum Gasteiger partial charge on any atom is -0.480 e. The third-order valence-electron chi connectivity index (χ3n) is 6.15. The Balaban J connectivity index is 0.000000211. The molecule has 0 radical (unpaired) electrons. The second kappa shape index (κ2) is 8.53. The molecule has 2 saturated carbocycles. The number of amides is 4. The zero-order valence-electron chi connectivity index (χ0n) is 21.0. The quantitative estimate of drug-likeness (QED) is 0.483. The van der Waals surface area contributed by atoms with E-state index in [1.54, 1.807) is 0 Å². The van der Waals surface area contributed by atoms with E-state index in [1.165, 1.54) is 41.5 Å². The van der Waals surface area contributed by atoms with Gasteiger partial charge in [0.05, 0.1) is 11.8 Å². The van der Waals surface area contributed by atoms with Gasteiger partial charge in [0.1, 0.15) is 35.1 Å². The Morgan fingerprint density at radius 2 is 0.947 bits per heavy atom. The lowest BCUT2D eigenvalue weighted by Gasteiger charge is -2.27. The average molecular weight is 554 g/mol. The Hall–Kier alpha value is -3.46. The van der Waals surface area contributed by atoms with Gasteiger partial charge in [0.25, 0.3) is 11.8 Å². The second-order valence-electron chi connectivity index (χ2n) is 11.3. The number of alkyl halides is 4. The number of carboxylic acid groups (broad SMARTS) is 2. The van der Waals surface area contributed by atoms with Crippen molar-refractivity contribution in [1.82, 2.24) is 9.80 Å². The van der Waals surface area contributed by atoms with Crippen LogP contribution in [0, 0.1) is 23.7 Å². The van der Waals surface area contributed by atoms with Gasteiger partial charge in [-0.05, 0) is 41.5 Å². The van der Waals surface area contributed by atoms with Gasteiger partial charge in [0.15, 0.2) is 0 Å². The van der Waals surface area contributed by atoms with Gasteiger partial charge in [-0.2, -0.15) is 0 Å². The molecule has 0 bridgehead atoms. The average Bonchev–Trinajstić information content (AvgIpc) is 3.25. The molecule has 2 heterocycles. The van der Waals surface area contributed by atoms with E-state index in [2.05, 4.69) is 0 Å². The molecule has 4 aliphatic rings. The monoisotopic (exact) mass is 554 g/mol. The zero-order chi connectivity index (χ0) is 29.5. The molecule has 0 unspecified atom stereocenters. The van der Waals surface area contributed by atoms with Gasteiger partial charge in [0.2, 0.25) is 11.8 Å². The summed E-state index contributed by atoms with van der Waals surface area (Å²) in [7, 11) is 0. The number of piperidine rings is 2. The molecular weight excluding hydrogens is 528 g/mol. The minimum atomic E-state index is -3.35. The summed E-state index contributed by atoms with van der Waals surface area (Å²) in [4.78, 5) is 69.5. The molecule has 38 heavy (non-hydrogen) atoms. The van der Waals surface area contributed by atoms with Gasteiger partial charge >= 0.3 is 24.1 Å². The van der Waals surface area contributed by atoms with Gasteiger partial charge in [0, 0.05) is 0 Å². The maximum Gasteiger partial charge on any atom is 0.417 e. The molecule has 6 atom stereocenters. The van der Waals surface area contributed by atoms with Crippen LogP contribution >= 0.6 is 0 Å². The van der Waals surface area contributed by atoms with E-state index in [0.29, 0.717) is 9.80 Å². The van der Waals surface area contributed by atoms with E-state index in [0.717, 1.165) is 0 Å². The van der Waals surface area contributed by atoms with E-state index in [-0.39, 0.29) is 0 Å². The molecule has 2 aliphatic carbocycles. The second-order valence-corrected chi connectivity index (χ2v) is 11.3. The molecule has 2 saturated heterocycles. The van der Waals surface area contributed by atoms with Crippen LogP contribution in [-0.2, 0) is 28.7 Å². The number of fused-ring (bicyclic) bond motifs is 2.